The molecule has 28 heavy (non-hydrogen) atoms. The van der Waals surface area contributed by atoms with Crippen LogP contribution in [0, 0.1) is 11.7 Å². The highest BCUT2D eigenvalue weighted by molar-refractivity contribution is 6.06. The fraction of sp³-hybridized carbons (Fsp3) is 0.304. The van der Waals surface area contributed by atoms with Crippen LogP contribution in [0.25, 0.3) is 0 Å². The highest BCUT2D eigenvalue weighted by Gasteiger charge is 2.43. The van der Waals surface area contributed by atoms with E-state index in [1.54, 1.807) is 19.3 Å². The van der Waals surface area contributed by atoms with Crippen molar-refractivity contribution in [1.82, 2.24) is 5.01 Å². The molecule has 2 aromatic rings. The van der Waals surface area contributed by atoms with E-state index in [-0.39, 0.29) is 23.6 Å². The van der Waals surface area contributed by atoms with E-state index in [1.165, 1.54) is 18.6 Å². The van der Waals surface area contributed by atoms with Gasteiger partial charge >= 0.3 is 0 Å². The van der Waals surface area contributed by atoms with E-state index >= 15 is 0 Å². The van der Waals surface area contributed by atoms with Crippen LogP contribution >= 0.6 is 0 Å². The van der Waals surface area contributed by atoms with E-state index in [4.69, 9.17) is 9.84 Å². The Kier molecular flexibility index (Phi) is 4.75. The summed E-state index contributed by atoms with van der Waals surface area (Å²) in [5.41, 5.74) is 4.53. The first-order valence-corrected chi connectivity index (χ1v) is 9.48. The molecular formula is C23H23FN2O2. The smallest absolute Gasteiger partial charge is 0.154 e. The number of benzene rings is 2. The van der Waals surface area contributed by atoms with Crippen LogP contribution in [0.4, 0.5) is 4.39 Å². The van der Waals surface area contributed by atoms with Crippen LogP contribution in [0.3, 0.4) is 0 Å². The van der Waals surface area contributed by atoms with E-state index in [0.717, 1.165) is 29.9 Å². The molecule has 1 aliphatic carbocycles. The normalized spacial score (nSPS) is 21.1. The van der Waals surface area contributed by atoms with Crippen LogP contribution in [0.5, 0.6) is 5.75 Å². The highest BCUT2D eigenvalue weighted by atomic mass is 19.1. The summed E-state index contributed by atoms with van der Waals surface area (Å²) in [6, 6.07) is 12.6. The Morgan fingerprint density at radius 2 is 2.04 bits per heavy atom. The number of fused-ring (bicyclic) bond motifs is 3. The Morgan fingerprint density at radius 1 is 1.25 bits per heavy atom. The first-order valence-electron chi connectivity index (χ1n) is 9.48. The van der Waals surface area contributed by atoms with Gasteiger partial charge in [0.15, 0.2) is 5.78 Å². The second-order valence-corrected chi connectivity index (χ2v) is 7.36. The van der Waals surface area contributed by atoms with Crippen LogP contribution in [0.2, 0.25) is 0 Å². The van der Waals surface area contributed by atoms with Crippen LogP contribution < -0.4 is 4.74 Å². The molecule has 0 bridgehead atoms. The zero-order valence-corrected chi connectivity index (χ0v) is 16.3. The van der Waals surface area contributed by atoms with Crippen molar-refractivity contribution < 1.29 is 13.9 Å². The number of hydrazone groups is 1. The summed E-state index contributed by atoms with van der Waals surface area (Å²) < 4.78 is 20.1. The van der Waals surface area contributed by atoms with Gasteiger partial charge < -0.3 is 4.74 Å². The van der Waals surface area contributed by atoms with Crippen LogP contribution in [0.15, 0.2) is 59.3 Å². The SMILES string of the molecule is COc1ccc2c(c1)C1=NN(/C(C)=C/C(C)=O)[C@H](c3ccccc3F)[C@@H]1CC2. The molecule has 0 amide bonds. The molecule has 0 radical (unpaired) electrons. The number of hydrogen-bond acceptors (Lipinski definition) is 4. The Labute approximate surface area is 164 Å². The molecule has 4 rings (SSSR count). The van der Waals surface area contributed by atoms with Gasteiger partial charge in [-0.15, -0.1) is 0 Å². The maximum Gasteiger partial charge on any atom is 0.154 e. The lowest BCUT2D eigenvalue weighted by atomic mass is 9.77. The number of nitrogens with zero attached hydrogens (tertiary/aromatic N) is 2. The average molecular weight is 378 g/mol. The van der Waals surface area contributed by atoms with Crippen molar-refractivity contribution in [2.45, 2.75) is 32.7 Å². The number of allylic oxidation sites excluding steroid dienone is 2. The van der Waals surface area contributed by atoms with E-state index in [2.05, 4.69) is 6.07 Å². The molecule has 0 N–H and O–H groups in total. The maximum atomic E-state index is 14.7. The van der Waals surface area contributed by atoms with Crippen molar-refractivity contribution in [2.75, 3.05) is 7.11 Å². The standard InChI is InChI=1S/C23H23FN2O2/c1-14(12-15(2)27)26-23(18-6-4-5-7-21(18)24)19-11-9-16-8-10-17(28-3)13-20(16)22(19)25-26/h4-8,10,12-13,19,23H,9,11H2,1-3H3/b14-12+/t19-,23-/m1/s1. The summed E-state index contributed by atoms with van der Waals surface area (Å²) in [4.78, 5) is 11.7. The Bertz CT molecular complexity index is 996. The molecule has 1 heterocycles. The number of rotatable bonds is 4. The Balaban J connectivity index is 1.86. The van der Waals surface area contributed by atoms with E-state index in [0.29, 0.717) is 11.3 Å². The van der Waals surface area contributed by atoms with Crippen LogP contribution in [-0.2, 0) is 11.2 Å². The zero-order chi connectivity index (χ0) is 19.8. The van der Waals surface area contributed by atoms with Gasteiger partial charge in [0.1, 0.15) is 11.6 Å². The molecule has 4 nitrogen and oxygen atoms in total. The van der Waals surface area contributed by atoms with Gasteiger partial charge in [0.25, 0.3) is 0 Å². The number of carbonyl (C=O) groups is 1. The minimum absolute atomic E-state index is 0.0480. The summed E-state index contributed by atoms with van der Waals surface area (Å²) in [6.45, 7) is 3.36. The van der Waals surface area contributed by atoms with Gasteiger partial charge in [-0.25, -0.2) is 4.39 Å². The third-order valence-corrected chi connectivity index (χ3v) is 5.53. The van der Waals surface area contributed by atoms with Gasteiger partial charge in [0.2, 0.25) is 0 Å². The largest absolute Gasteiger partial charge is 0.497 e. The monoisotopic (exact) mass is 378 g/mol. The molecule has 0 aromatic heterocycles. The Hall–Kier alpha value is -2.95. The molecule has 2 aliphatic rings. The molecule has 0 unspecified atom stereocenters. The lowest BCUT2D eigenvalue weighted by Crippen LogP contribution is -2.29. The van der Waals surface area contributed by atoms with Gasteiger partial charge in [-0.2, -0.15) is 5.10 Å². The molecule has 5 heteroatoms. The molecule has 1 aliphatic heterocycles. The van der Waals surface area contributed by atoms with E-state index in [9.17, 15) is 9.18 Å². The second kappa shape index (κ2) is 7.23. The summed E-state index contributed by atoms with van der Waals surface area (Å²) in [6.07, 6.45) is 3.33. The van der Waals surface area contributed by atoms with Crippen LogP contribution in [0.1, 0.15) is 43.0 Å². The fourth-order valence-electron chi connectivity index (χ4n) is 4.29. The average Bonchev–Trinajstić information content (AvgIpc) is 3.07. The molecule has 0 spiro atoms. The quantitative estimate of drug-likeness (QED) is 0.727. The second-order valence-electron chi connectivity index (χ2n) is 7.36. The molecule has 2 atom stereocenters. The van der Waals surface area contributed by atoms with Crippen molar-refractivity contribution >= 4 is 11.5 Å². The minimum Gasteiger partial charge on any atom is -0.497 e. The number of carbonyl (C=O) groups excluding carboxylic acids is 1. The fourth-order valence-corrected chi connectivity index (χ4v) is 4.29. The van der Waals surface area contributed by atoms with Gasteiger partial charge in [-0.3, -0.25) is 9.80 Å². The number of aryl methyl sites for hydroxylation is 1. The maximum absolute atomic E-state index is 14.7. The minimum atomic E-state index is -0.272. The van der Waals surface area contributed by atoms with Gasteiger partial charge in [-0.05, 0) is 50.5 Å². The van der Waals surface area contributed by atoms with Crippen molar-refractivity contribution in [3.05, 3.63) is 76.7 Å². The third kappa shape index (κ3) is 3.11. The lowest BCUT2D eigenvalue weighted by molar-refractivity contribution is -0.112. The Morgan fingerprint density at radius 3 is 2.75 bits per heavy atom. The number of ether oxygens (including phenoxy) is 1. The van der Waals surface area contributed by atoms with Crippen molar-refractivity contribution in [3.63, 3.8) is 0 Å². The van der Waals surface area contributed by atoms with Crippen molar-refractivity contribution in [2.24, 2.45) is 11.0 Å². The molecule has 0 saturated heterocycles. The number of methoxy groups -OCH3 is 1. The van der Waals surface area contributed by atoms with Crippen LogP contribution in [-0.4, -0.2) is 23.6 Å². The van der Waals surface area contributed by atoms with Crippen molar-refractivity contribution in [1.29, 1.82) is 0 Å². The first kappa shape index (κ1) is 18.4. The summed E-state index contributed by atoms with van der Waals surface area (Å²) >= 11 is 0. The molecule has 0 saturated carbocycles. The summed E-state index contributed by atoms with van der Waals surface area (Å²) in [5.74, 6) is 0.522. The predicted octanol–water partition coefficient (Wildman–Crippen LogP) is 4.65. The first-order chi connectivity index (χ1) is 13.5. The molecular weight excluding hydrogens is 355 g/mol. The summed E-state index contributed by atoms with van der Waals surface area (Å²) in [5, 5.41) is 6.70. The van der Waals surface area contributed by atoms with Crippen molar-refractivity contribution in [3.8, 4) is 5.75 Å². The highest BCUT2D eigenvalue weighted by Crippen LogP contribution is 2.46. The molecule has 2 aromatic carbocycles. The van der Waals surface area contributed by atoms with Gasteiger partial charge in [0, 0.05) is 28.8 Å². The molecule has 144 valence electrons. The third-order valence-electron chi connectivity index (χ3n) is 5.53. The van der Waals surface area contributed by atoms with Gasteiger partial charge in [-0.1, -0.05) is 24.3 Å². The zero-order valence-electron chi connectivity index (χ0n) is 16.3. The number of halogens is 1. The van der Waals surface area contributed by atoms with E-state index < -0.39 is 0 Å². The summed E-state index contributed by atoms with van der Waals surface area (Å²) in [7, 11) is 1.65. The van der Waals surface area contributed by atoms with Gasteiger partial charge in [0.05, 0.1) is 18.9 Å². The lowest BCUT2D eigenvalue weighted by Gasteiger charge is -2.31. The predicted molar refractivity (Wildman–Crippen MR) is 107 cm³/mol. The van der Waals surface area contributed by atoms with E-state index in [1.807, 2.05) is 36.2 Å². The molecule has 0 fully saturated rings. The number of ketones is 1. The number of hydrogen-bond donors (Lipinski definition) is 0. The topological polar surface area (TPSA) is 41.9 Å².